The van der Waals surface area contributed by atoms with Crippen molar-refractivity contribution in [3.8, 4) is 0 Å². The average molecular weight is 376 g/mol. The van der Waals surface area contributed by atoms with Crippen LogP contribution in [0.15, 0.2) is 0 Å². The van der Waals surface area contributed by atoms with E-state index in [2.05, 4.69) is 4.18 Å². The number of ketones is 1. The summed E-state index contributed by atoms with van der Waals surface area (Å²) in [6.07, 6.45) is -4.84. The summed E-state index contributed by atoms with van der Waals surface area (Å²) in [6, 6.07) is 0. The first-order valence-electron chi connectivity index (χ1n) is 11.7. The van der Waals surface area contributed by atoms with Crippen molar-refractivity contribution in [2.24, 2.45) is 34.5 Å². The van der Waals surface area contributed by atoms with Crippen molar-refractivity contribution in [1.29, 1.82) is 0 Å². The van der Waals surface area contributed by atoms with E-state index < -0.39 is 40.6 Å². The molecule has 142 valence electrons. The van der Waals surface area contributed by atoms with Crippen LogP contribution in [0.4, 0.5) is 0 Å². The largest absolute Gasteiger partial charge is 0.397 e. The minimum absolute atomic E-state index is 0.0133. The highest BCUT2D eigenvalue weighted by Gasteiger charge is 2.60. The van der Waals surface area contributed by atoms with E-state index >= 15 is 0 Å². The van der Waals surface area contributed by atoms with E-state index in [1.165, 1.54) is 0 Å². The number of Topliss-reactive ketones (excluding diaryl/α,β-unsaturated/α-hetero) is 1. The third-order valence-electron chi connectivity index (χ3n) is 7.70. The molecule has 6 heteroatoms. The number of carbonyl (C=O) groups excluding carboxylic acids is 1. The molecule has 25 heavy (non-hydrogen) atoms. The molecule has 0 radical (unpaired) electrons. The standard InChI is InChI=1S/C19H30O5S/c1-18-9-7-13(24-25(21,22)23)11-12(18)3-4-14-15-5-6-17(20)19(15,2)10-8-16(14)18/h12-16H,3-11H2,1-2H3,(H,21,22,23)/t12-,13+,14-,15-,16-,18-,19-/m0/s1/i7D2,11D2,13D. The van der Waals surface area contributed by atoms with Crippen LogP contribution in [0.5, 0.6) is 0 Å². The van der Waals surface area contributed by atoms with Gasteiger partial charge in [0, 0.05) is 17.3 Å². The molecule has 0 aliphatic heterocycles. The Hall–Kier alpha value is -0.460. The topological polar surface area (TPSA) is 80.7 Å². The van der Waals surface area contributed by atoms with Gasteiger partial charge in [-0.3, -0.25) is 9.35 Å². The van der Waals surface area contributed by atoms with Gasteiger partial charge in [-0.15, -0.1) is 0 Å². The van der Waals surface area contributed by atoms with Crippen LogP contribution in [-0.4, -0.2) is 24.8 Å². The normalized spacial score (nSPS) is 60.0. The second-order valence-corrected chi connectivity index (χ2v) is 9.79. The fourth-order valence-corrected chi connectivity index (χ4v) is 6.67. The lowest BCUT2D eigenvalue weighted by molar-refractivity contribution is -0.141. The van der Waals surface area contributed by atoms with Gasteiger partial charge in [0.2, 0.25) is 0 Å². The van der Waals surface area contributed by atoms with E-state index in [9.17, 15) is 13.2 Å². The van der Waals surface area contributed by atoms with Gasteiger partial charge >= 0.3 is 10.4 Å². The molecule has 0 bridgehead atoms. The molecule has 4 aliphatic rings. The first-order valence-corrected chi connectivity index (χ1v) is 10.6. The second-order valence-electron chi connectivity index (χ2n) is 8.77. The number of hydrogen-bond acceptors (Lipinski definition) is 4. The predicted octanol–water partition coefficient (Wildman–Crippen LogP) is 3.79. The minimum Gasteiger partial charge on any atom is -0.299 e. The summed E-state index contributed by atoms with van der Waals surface area (Å²) >= 11 is 0. The maximum Gasteiger partial charge on any atom is 0.397 e. The molecular formula is C19H30O5S. The Morgan fingerprint density at radius 2 is 1.96 bits per heavy atom. The van der Waals surface area contributed by atoms with Crippen molar-refractivity contribution in [1.82, 2.24) is 0 Å². The molecule has 0 aromatic rings. The summed E-state index contributed by atoms with van der Waals surface area (Å²) < 4.78 is 79.1. The van der Waals surface area contributed by atoms with Crippen molar-refractivity contribution in [3.05, 3.63) is 0 Å². The quantitative estimate of drug-likeness (QED) is 0.743. The monoisotopic (exact) mass is 375 g/mol. The van der Waals surface area contributed by atoms with Crippen molar-refractivity contribution >= 4 is 16.2 Å². The van der Waals surface area contributed by atoms with Crippen LogP contribution in [0.25, 0.3) is 0 Å². The Morgan fingerprint density at radius 1 is 1.20 bits per heavy atom. The molecule has 4 rings (SSSR count). The van der Waals surface area contributed by atoms with Crippen LogP contribution in [0.3, 0.4) is 0 Å². The SMILES string of the molecule is [2H]C1([2H])C[C@]2(C)[C@H]3CC[C@]4(C)C(=O)CC[C@H]4[C@@H]3CC[C@H]2C([2H])([2H])[C@]1([2H])OS(=O)(=O)O. The highest BCUT2D eigenvalue weighted by Crippen LogP contribution is 2.65. The zero-order valence-electron chi connectivity index (χ0n) is 19.7. The number of fused-ring (bicyclic) bond motifs is 5. The van der Waals surface area contributed by atoms with E-state index in [0.717, 1.165) is 6.42 Å². The lowest BCUT2D eigenvalue weighted by Gasteiger charge is -2.60. The highest BCUT2D eigenvalue weighted by atomic mass is 32.3. The zero-order valence-corrected chi connectivity index (χ0v) is 15.6. The van der Waals surface area contributed by atoms with Crippen molar-refractivity contribution < 1.29 is 28.8 Å². The summed E-state index contributed by atoms with van der Waals surface area (Å²) in [5.74, 6) is -0.130. The molecule has 0 amide bonds. The van der Waals surface area contributed by atoms with E-state index in [4.69, 9.17) is 11.4 Å². The molecule has 0 spiro atoms. The molecule has 0 unspecified atom stereocenters. The maximum absolute atomic E-state index is 12.5. The molecule has 0 aromatic heterocycles. The zero-order chi connectivity index (χ0) is 22.5. The highest BCUT2D eigenvalue weighted by molar-refractivity contribution is 7.80. The first kappa shape index (κ1) is 12.8. The Morgan fingerprint density at radius 3 is 2.68 bits per heavy atom. The third kappa shape index (κ3) is 2.79. The minimum atomic E-state index is -5.24. The van der Waals surface area contributed by atoms with Crippen LogP contribution in [0, 0.1) is 34.5 Å². The van der Waals surface area contributed by atoms with Crippen LogP contribution < -0.4 is 0 Å². The first-order chi connectivity index (χ1) is 13.5. The molecule has 0 heterocycles. The van der Waals surface area contributed by atoms with Gasteiger partial charge in [0.1, 0.15) is 5.78 Å². The summed E-state index contributed by atoms with van der Waals surface area (Å²) in [5.41, 5.74) is -1.17. The average Bonchev–Trinajstić information content (AvgIpc) is 2.87. The molecule has 7 atom stereocenters. The van der Waals surface area contributed by atoms with Crippen LogP contribution >= 0.6 is 0 Å². The summed E-state index contributed by atoms with van der Waals surface area (Å²) in [6.45, 7) is 3.89. The Labute approximate surface area is 157 Å². The van der Waals surface area contributed by atoms with Gasteiger partial charge < -0.3 is 0 Å². The summed E-state index contributed by atoms with van der Waals surface area (Å²) in [5, 5.41) is 0. The van der Waals surface area contributed by atoms with Gasteiger partial charge in [0.25, 0.3) is 0 Å². The van der Waals surface area contributed by atoms with E-state index in [1.807, 2.05) is 13.8 Å². The van der Waals surface area contributed by atoms with Crippen LogP contribution in [0.1, 0.15) is 78.4 Å². The Kier molecular flexibility index (Phi) is 2.96. The van der Waals surface area contributed by atoms with E-state index in [1.54, 1.807) is 0 Å². The molecule has 4 saturated carbocycles. The molecule has 0 saturated heterocycles. The molecule has 1 N–H and O–H groups in total. The smallest absolute Gasteiger partial charge is 0.299 e. The van der Waals surface area contributed by atoms with Gasteiger partial charge in [-0.1, -0.05) is 13.8 Å². The van der Waals surface area contributed by atoms with Gasteiger partial charge in [-0.25, -0.2) is 4.18 Å². The lowest BCUT2D eigenvalue weighted by Crippen LogP contribution is -2.54. The van der Waals surface area contributed by atoms with Gasteiger partial charge in [-0.05, 0) is 80.4 Å². The number of rotatable bonds is 2. The predicted molar refractivity (Wildman–Crippen MR) is 93.2 cm³/mol. The maximum atomic E-state index is 12.5. The third-order valence-corrected chi connectivity index (χ3v) is 8.08. The van der Waals surface area contributed by atoms with E-state index in [-0.39, 0.29) is 29.6 Å². The summed E-state index contributed by atoms with van der Waals surface area (Å²) in [4.78, 5) is 12.5. The molecular weight excluding hydrogens is 340 g/mol. The lowest BCUT2D eigenvalue weighted by atomic mass is 9.45. The van der Waals surface area contributed by atoms with Gasteiger partial charge in [0.15, 0.2) is 0 Å². The fourth-order valence-electron chi connectivity index (χ4n) is 6.36. The molecule has 4 fully saturated rings. The Bertz CT molecular complexity index is 879. The van der Waals surface area contributed by atoms with Gasteiger partial charge in [-0.2, -0.15) is 8.42 Å². The summed E-state index contributed by atoms with van der Waals surface area (Å²) in [7, 11) is -5.24. The van der Waals surface area contributed by atoms with Crippen molar-refractivity contribution in [2.75, 3.05) is 0 Å². The van der Waals surface area contributed by atoms with Crippen molar-refractivity contribution in [3.63, 3.8) is 0 Å². The Balaban J connectivity index is 1.76. The number of hydrogen-bond donors (Lipinski definition) is 1. The molecule has 5 nitrogen and oxygen atoms in total. The fraction of sp³-hybridized carbons (Fsp3) is 0.947. The molecule has 0 aromatic carbocycles. The van der Waals surface area contributed by atoms with Crippen LogP contribution in [0.2, 0.25) is 0 Å². The van der Waals surface area contributed by atoms with Crippen molar-refractivity contribution in [2.45, 2.75) is 77.6 Å². The van der Waals surface area contributed by atoms with Gasteiger partial charge in [0.05, 0.1) is 7.45 Å². The van der Waals surface area contributed by atoms with E-state index in [0.29, 0.717) is 37.9 Å². The van der Waals surface area contributed by atoms with Crippen LogP contribution in [-0.2, 0) is 19.4 Å². The second kappa shape index (κ2) is 5.77. The number of carbonyl (C=O) groups is 1. The molecule has 4 aliphatic carbocycles.